The van der Waals surface area contributed by atoms with Crippen LogP contribution in [0.4, 0.5) is 0 Å². The van der Waals surface area contributed by atoms with E-state index in [0.717, 1.165) is 12.8 Å². The molecule has 0 aliphatic carbocycles. The van der Waals surface area contributed by atoms with Crippen molar-refractivity contribution in [2.45, 2.75) is 47.5 Å². The van der Waals surface area contributed by atoms with Crippen molar-refractivity contribution in [3.8, 4) is 0 Å². The summed E-state index contributed by atoms with van der Waals surface area (Å²) in [5, 5.41) is 0. The van der Waals surface area contributed by atoms with Crippen molar-refractivity contribution in [3.63, 3.8) is 0 Å². The van der Waals surface area contributed by atoms with Crippen LogP contribution in [0.2, 0.25) is 0 Å². The van der Waals surface area contributed by atoms with Gasteiger partial charge in [-0.05, 0) is 68.4 Å². The molecule has 0 radical (unpaired) electrons. The summed E-state index contributed by atoms with van der Waals surface area (Å²) in [6.45, 7) is 15.0. The maximum Gasteiger partial charge on any atom is -0.00671 e. The van der Waals surface area contributed by atoms with Gasteiger partial charge < -0.3 is 0 Å². The highest BCUT2D eigenvalue weighted by molar-refractivity contribution is 5.45. The predicted molar refractivity (Wildman–Crippen MR) is 68.5 cm³/mol. The Morgan fingerprint density at radius 3 is 2.27 bits per heavy atom. The summed E-state index contributed by atoms with van der Waals surface area (Å²) >= 11 is 0. The van der Waals surface area contributed by atoms with Crippen molar-refractivity contribution >= 4 is 0 Å². The Morgan fingerprint density at radius 2 is 1.80 bits per heavy atom. The monoisotopic (exact) mass is 202 g/mol. The number of allylic oxidation sites excluding steroid dienone is 1. The first-order valence-electron chi connectivity index (χ1n) is 5.70. The molecule has 0 atom stereocenters. The molecular formula is C15H22. The smallest absolute Gasteiger partial charge is 0.00671 e. The van der Waals surface area contributed by atoms with Crippen molar-refractivity contribution in [2.75, 3.05) is 0 Å². The zero-order valence-corrected chi connectivity index (χ0v) is 10.7. The van der Waals surface area contributed by atoms with E-state index >= 15 is 0 Å². The quantitative estimate of drug-likeness (QED) is 0.641. The van der Waals surface area contributed by atoms with E-state index in [2.05, 4.69) is 47.3 Å². The van der Waals surface area contributed by atoms with Crippen molar-refractivity contribution < 1.29 is 0 Å². The highest BCUT2D eigenvalue weighted by Crippen LogP contribution is 2.24. The fraction of sp³-hybridized carbons (Fsp3) is 0.467. The van der Waals surface area contributed by atoms with Gasteiger partial charge in [0.1, 0.15) is 0 Å². The molecule has 0 heteroatoms. The summed E-state index contributed by atoms with van der Waals surface area (Å²) in [5.41, 5.74) is 8.52. The van der Waals surface area contributed by atoms with Crippen molar-refractivity contribution in [1.82, 2.24) is 0 Å². The molecular weight excluding hydrogens is 180 g/mol. The van der Waals surface area contributed by atoms with Crippen LogP contribution in [0.5, 0.6) is 0 Å². The van der Waals surface area contributed by atoms with Crippen LogP contribution < -0.4 is 0 Å². The average Bonchev–Trinajstić information content (AvgIpc) is 2.18. The Labute approximate surface area is 94.0 Å². The van der Waals surface area contributed by atoms with Gasteiger partial charge in [-0.25, -0.2) is 0 Å². The molecule has 0 unspecified atom stereocenters. The lowest BCUT2D eigenvalue weighted by atomic mass is 9.89. The first kappa shape index (κ1) is 12.0. The molecule has 82 valence electrons. The van der Waals surface area contributed by atoms with Gasteiger partial charge in [0.05, 0.1) is 0 Å². The second-order valence-corrected chi connectivity index (χ2v) is 4.57. The van der Waals surface area contributed by atoms with E-state index in [-0.39, 0.29) is 0 Å². The summed E-state index contributed by atoms with van der Waals surface area (Å²) in [4.78, 5) is 0. The van der Waals surface area contributed by atoms with Crippen LogP contribution in [-0.2, 0) is 12.8 Å². The zero-order valence-electron chi connectivity index (χ0n) is 10.7. The molecule has 1 aromatic rings. The number of hydrogen-bond acceptors (Lipinski definition) is 0. The third-order valence-electron chi connectivity index (χ3n) is 3.24. The van der Waals surface area contributed by atoms with E-state index in [1.54, 1.807) is 0 Å². The van der Waals surface area contributed by atoms with E-state index in [9.17, 15) is 0 Å². The minimum Gasteiger partial charge on any atom is -0.0998 e. The fourth-order valence-corrected chi connectivity index (χ4v) is 2.08. The summed E-state index contributed by atoms with van der Waals surface area (Å²) in [6.07, 6.45) is 2.14. The Hall–Kier alpha value is -1.04. The van der Waals surface area contributed by atoms with Gasteiger partial charge in [0.2, 0.25) is 0 Å². The maximum atomic E-state index is 4.02. The summed E-state index contributed by atoms with van der Waals surface area (Å²) in [6, 6.07) is 2.33. The van der Waals surface area contributed by atoms with Crippen LogP contribution >= 0.6 is 0 Å². The summed E-state index contributed by atoms with van der Waals surface area (Å²) < 4.78 is 0. The lowest BCUT2D eigenvalue weighted by molar-refractivity contribution is 1.01. The number of benzene rings is 1. The van der Waals surface area contributed by atoms with Gasteiger partial charge in [0.15, 0.2) is 0 Å². The standard InChI is InChI=1S/C15H22/c1-7-14-9-11(4)12(5)13(6)15(14)8-10(2)3/h9H,2,7-8H2,1,3-6H3. The van der Waals surface area contributed by atoms with Crippen molar-refractivity contribution in [2.24, 2.45) is 0 Å². The summed E-state index contributed by atoms with van der Waals surface area (Å²) in [7, 11) is 0. The zero-order chi connectivity index (χ0) is 11.6. The molecule has 0 bridgehead atoms. The SMILES string of the molecule is C=C(C)Cc1c(CC)cc(C)c(C)c1C. The molecule has 0 aliphatic heterocycles. The van der Waals surface area contributed by atoms with Gasteiger partial charge in [0.25, 0.3) is 0 Å². The second-order valence-electron chi connectivity index (χ2n) is 4.57. The molecule has 0 saturated heterocycles. The lowest BCUT2D eigenvalue weighted by Crippen LogP contribution is -2.01. The Morgan fingerprint density at radius 1 is 1.20 bits per heavy atom. The molecule has 0 heterocycles. The molecule has 0 N–H and O–H groups in total. The molecule has 0 amide bonds. The predicted octanol–water partition coefficient (Wildman–Crippen LogP) is 4.29. The molecule has 0 aromatic heterocycles. The molecule has 0 spiro atoms. The minimum absolute atomic E-state index is 1.02. The van der Waals surface area contributed by atoms with Crippen LogP contribution in [0, 0.1) is 20.8 Å². The third-order valence-corrected chi connectivity index (χ3v) is 3.24. The van der Waals surface area contributed by atoms with Gasteiger partial charge in [-0.2, -0.15) is 0 Å². The van der Waals surface area contributed by atoms with Gasteiger partial charge in [-0.1, -0.05) is 25.1 Å². The maximum absolute atomic E-state index is 4.02. The molecule has 0 nitrogen and oxygen atoms in total. The minimum atomic E-state index is 1.02. The van der Waals surface area contributed by atoms with Crippen LogP contribution in [0.1, 0.15) is 41.7 Å². The first-order valence-corrected chi connectivity index (χ1v) is 5.70. The first-order chi connectivity index (χ1) is 6.97. The Bertz CT molecular complexity index is 384. The van der Waals surface area contributed by atoms with Crippen molar-refractivity contribution in [1.29, 1.82) is 0 Å². The van der Waals surface area contributed by atoms with E-state index in [0.29, 0.717) is 0 Å². The van der Waals surface area contributed by atoms with Gasteiger partial charge in [-0.15, -0.1) is 0 Å². The van der Waals surface area contributed by atoms with E-state index < -0.39 is 0 Å². The Kier molecular flexibility index (Phi) is 3.73. The average molecular weight is 202 g/mol. The van der Waals surface area contributed by atoms with Crippen molar-refractivity contribution in [3.05, 3.63) is 46.0 Å². The normalized spacial score (nSPS) is 10.5. The molecule has 0 fully saturated rings. The number of rotatable bonds is 3. The molecule has 15 heavy (non-hydrogen) atoms. The Balaban J connectivity index is 3.33. The highest BCUT2D eigenvalue weighted by Gasteiger charge is 2.09. The van der Waals surface area contributed by atoms with E-state index in [4.69, 9.17) is 0 Å². The number of hydrogen-bond donors (Lipinski definition) is 0. The highest BCUT2D eigenvalue weighted by atomic mass is 14.1. The molecule has 0 saturated carbocycles. The van der Waals surface area contributed by atoms with E-state index in [1.165, 1.54) is 33.4 Å². The van der Waals surface area contributed by atoms with Gasteiger partial charge >= 0.3 is 0 Å². The largest absolute Gasteiger partial charge is 0.0998 e. The van der Waals surface area contributed by atoms with Gasteiger partial charge in [-0.3, -0.25) is 0 Å². The number of aryl methyl sites for hydroxylation is 2. The van der Waals surface area contributed by atoms with Crippen LogP contribution in [-0.4, -0.2) is 0 Å². The second kappa shape index (κ2) is 4.65. The summed E-state index contributed by atoms with van der Waals surface area (Å²) in [5.74, 6) is 0. The van der Waals surface area contributed by atoms with E-state index in [1.807, 2.05) is 0 Å². The fourth-order valence-electron chi connectivity index (χ4n) is 2.08. The van der Waals surface area contributed by atoms with Crippen LogP contribution in [0.15, 0.2) is 18.2 Å². The van der Waals surface area contributed by atoms with Gasteiger partial charge in [0, 0.05) is 0 Å². The topological polar surface area (TPSA) is 0 Å². The molecule has 1 rings (SSSR count). The van der Waals surface area contributed by atoms with Crippen LogP contribution in [0.25, 0.3) is 0 Å². The molecule has 1 aromatic carbocycles. The molecule has 0 aliphatic rings. The van der Waals surface area contributed by atoms with Crippen LogP contribution in [0.3, 0.4) is 0 Å². The third kappa shape index (κ3) is 2.50. The lowest BCUT2D eigenvalue weighted by Gasteiger charge is -2.16.